The number of nitrogens with one attached hydrogen (secondary N) is 1. The minimum Gasteiger partial charge on any atom is -0.490 e. The predicted octanol–water partition coefficient (Wildman–Crippen LogP) is 4.90. The summed E-state index contributed by atoms with van der Waals surface area (Å²) < 4.78 is 12.0. The van der Waals surface area contributed by atoms with Crippen LogP contribution in [0.2, 0.25) is 0 Å². The van der Waals surface area contributed by atoms with Gasteiger partial charge in [-0.15, -0.1) is 0 Å². The number of carbonyl (C=O) groups excluding carboxylic acids is 1. The van der Waals surface area contributed by atoms with Gasteiger partial charge in [0, 0.05) is 6.54 Å². The van der Waals surface area contributed by atoms with Gasteiger partial charge in [0.1, 0.15) is 11.6 Å². The first kappa shape index (κ1) is 22.5. The lowest BCUT2D eigenvalue weighted by atomic mass is 10.1. The molecule has 5 nitrogen and oxygen atoms in total. The highest BCUT2D eigenvalue weighted by Gasteiger charge is 2.13. The van der Waals surface area contributed by atoms with Crippen LogP contribution in [0, 0.1) is 11.3 Å². The van der Waals surface area contributed by atoms with E-state index < -0.39 is 0 Å². The van der Waals surface area contributed by atoms with Crippen molar-refractivity contribution in [2.75, 3.05) is 19.8 Å². The van der Waals surface area contributed by atoms with E-state index in [0.29, 0.717) is 41.3 Å². The summed E-state index contributed by atoms with van der Waals surface area (Å²) in [6.45, 7) is 5.26. The van der Waals surface area contributed by atoms with Gasteiger partial charge < -0.3 is 14.8 Å². The number of amides is 1. The lowest BCUT2D eigenvalue weighted by Gasteiger charge is -2.13. The molecule has 0 aliphatic carbocycles. The van der Waals surface area contributed by atoms with E-state index in [1.165, 1.54) is 5.56 Å². The van der Waals surface area contributed by atoms with Crippen LogP contribution in [0.4, 0.5) is 0 Å². The molecule has 0 aliphatic heterocycles. The summed E-state index contributed by atoms with van der Waals surface area (Å²) in [6, 6.07) is 15.6. The van der Waals surface area contributed by atoms with Gasteiger partial charge in [-0.25, -0.2) is 0 Å². The summed E-state index contributed by atoms with van der Waals surface area (Å²) in [4.78, 5) is 12.4. The van der Waals surface area contributed by atoms with Crippen molar-refractivity contribution in [3.05, 3.63) is 63.6 Å². The molecule has 0 saturated heterocycles. The van der Waals surface area contributed by atoms with Crippen molar-refractivity contribution >= 4 is 27.9 Å². The standard InChI is InChI=1S/C23H25BrN2O3/c1-3-28-21-15-18(14-20(24)22(21)29-4-2)13-19(16-25)23(27)26-12-8-11-17-9-6-5-7-10-17/h5-7,9-10,13-15H,3-4,8,11-12H2,1-2H3,(H,26,27)/b19-13-. The van der Waals surface area contributed by atoms with Crippen LogP contribution in [0.3, 0.4) is 0 Å². The summed E-state index contributed by atoms with van der Waals surface area (Å²) in [5.74, 6) is 0.787. The minimum absolute atomic E-state index is 0.0446. The second kappa shape index (κ2) is 11.9. The molecule has 152 valence electrons. The number of benzene rings is 2. The quantitative estimate of drug-likeness (QED) is 0.313. The first-order chi connectivity index (χ1) is 14.1. The highest BCUT2D eigenvalue weighted by molar-refractivity contribution is 9.10. The van der Waals surface area contributed by atoms with Crippen LogP contribution in [0.1, 0.15) is 31.4 Å². The Kier molecular flexibility index (Phi) is 9.26. The van der Waals surface area contributed by atoms with Gasteiger partial charge in [0.25, 0.3) is 5.91 Å². The minimum atomic E-state index is -0.386. The van der Waals surface area contributed by atoms with Crippen molar-refractivity contribution in [2.45, 2.75) is 26.7 Å². The molecule has 1 amide bonds. The molecule has 0 aromatic heterocycles. The fraction of sp³-hybridized carbons (Fsp3) is 0.304. The Balaban J connectivity index is 2.05. The number of halogens is 1. The molecule has 2 rings (SSSR count). The number of rotatable bonds is 10. The predicted molar refractivity (Wildman–Crippen MR) is 118 cm³/mol. The lowest BCUT2D eigenvalue weighted by molar-refractivity contribution is -0.117. The molecule has 0 unspecified atom stereocenters. The Labute approximate surface area is 180 Å². The van der Waals surface area contributed by atoms with Crippen LogP contribution >= 0.6 is 15.9 Å². The Morgan fingerprint density at radius 3 is 2.55 bits per heavy atom. The Hall–Kier alpha value is -2.78. The molecule has 0 radical (unpaired) electrons. The molecule has 0 aliphatic rings. The number of hydrogen-bond acceptors (Lipinski definition) is 4. The van der Waals surface area contributed by atoms with Gasteiger partial charge in [0.15, 0.2) is 11.5 Å². The zero-order chi connectivity index (χ0) is 21.1. The van der Waals surface area contributed by atoms with Crippen LogP contribution < -0.4 is 14.8 Å². The molecule has 2 aromatic carbocycles. The monoisotopic (exact) mass is 456 g/mol. The van der Waals surface area contributed by atoms with E-state index in [9.17, 15) is 10.1 Å². The number of nitrogens with zero attached hydrogens (tertiary/aromatic N) is 1. The summed E-state index contributed by atoms with van der Waals surface area (Å²) in [6.07, 6.45) is 3.23. The van der Waals surface area contributed by atoms with Crippen LogP contribution in [0.15, 0.2) is 52.5 Å². The number of hydrogen-bond donors (Lipinski definition) is 1. The molecular weight excluding hydrogens is 432 g/mol. The van der Waals surface area contributed by atoms with Gasteiger partial charge in [0.2, 0.25) is 0 Å². The SMILES string of the molecule is CCOc1cc(/C=C(/C#N)C(=O)NCCCc2ccccc2)cc(Br)c1OCC. The molecule has 6 heteroatoms. The molecule has 0 heterocycles. The largest absolute Gasteiger partial charge is 0.490 e. The summed E-state index contributed by atoms with van der Waals surface area (Å²) >= 11 is 3.47. The zero-order valence-electron chi connectivity index (χ0n) is 16.7. The van der Waals surface area contributed by atoms with E-state index in [2.05, 4.69) is 33.4 Å². The number of carbonyl (C=O) groups is 1. The van der Waals surface area contributed by atoms with Crippen molar-refractivity contribution < 1.29 is 14.3 Å². The molecule has 0 fully saturated rings. The molecule has 2 aromatic rings. The van der Waals surface area contributed by atoms with Crippen LogP contribution in [-0.2, 0) is 11.2 Å². The van der Waals surface area contributed by atoms with Crippen LogP contribution in [0.25, 0.3) is 6.08 Å². The summed E-state index contributed by atoms with van der Waals surface area (Å²) in [5, 5.41) is 12.2. The molecule has 0 bridgehead atoms. The Bertz CT molecular complexity index is 889. The molecular formula is C23H25BrN2O3. The summed E-state index contributed by atoms with van der Waals surface area (Å²) in [7, 11) is 0. The Morgan fingerprint density at radius 1 is 1.17 bits per heavy atom. The van der Waals surface area contributed by atoms with Gasteiger partial charge in [-0.05, 0) is 72.0 Å². The normalized spacial score (nSPS) is 10.9. The molecule has 0 saturated carbocycles. The van der Waals surface area contributed by atoms with E-state index in [-0.39, 0.29) is 11.5 Å². The maximum absolute atomic E-state index is 12.4. The number of nitriles is 1. The smallest absolute Gasteiger partial charge is 0.261 e. The first-order valence-corrected chi connectivity index (χ1v) is 10.4. The molecule has 29 heavy (non-hydrogen) atoms. The lowest BCUT2D eigenvalue weighted by Crippen LogP contribution is -2.25. The number of aryl methyl sites for hydroxylation is 1. The van der Waals surface area contributed by atoms with Crippen LogP contribution in [-0.4, -0.2) is 25.7 Å². The third kappa shape index (κ3) is 6.95. The second-order valence-electron chi connectivity index (χ2n) is 6.21. The van der Waals surface area contributed by atoms with Gasteiger partial charge in [-0.3, -0.25) is 4.79 Å². The van der Waals surface area contributed by atoms with Crippen LogP contribution in [0.5, 0.6) is 11.5 Å². The highest BCUT2D eigenvalue weighted by Crippen LogP contribution is 2.37. The average Bonchev–Trinajstić information content (AvgIpc) is 2.72. The number of ether oxygens (including phenoxy) is 2. The topological polar surface area (TPSA) is 71.3 Å². The molecule has 0 spiro atoms. The van der Waals surface area contributed by atoms with Crippen molar-refractivity contribution in [1.82, 2.24) is 5.32 Å². The third-order valence-electron chi connectivity index (χ3n) is 4.07. The van der Waals surface area contributed by atoms with Gasteiger partial charge >= 0.3 is 0 Å². The first-order valence-electron chi connectivity index (χ1n) is 9.62. The van der Waals surface area contributed by atoms with Crippen molar-refractivity contribution in [3.8, 4) is 17.6 Å². The van der Waals surface area contributed by atoms with E-state index in [0.717, 1.165) is 12.8 Å². The van der Waals surface area contributed by atoms with Gasteiger partial charge in [0.05, 0.1) is 17.7 Å². The average molecular weight is 457 g/mol. The van der Waals surface area contributed by atoms with E-state index >= 15 is 0 Å². The van der Waals surface area contributed by atoms with Gasteiger partial charge in [-0.1, -0.05) is 30.3 Å². The molecule has 0 atom stereocenters. The van der Waals surface area contributed by atoms with Crippen molar-refractivity contribution in [3.63, 3.8) is 0 Å². The Morgan fingerprint density at radius 2 is 1.90 bits per heavy atom. The van der Waals surface area contributed by atoms with E-state index in [1.54, 1.807) is 18.2 Å². The summed E-state index contributed by atoms with van der Waals surface area (Å²) in [5.41, 5.74) is 1.95. The van der Waals surface area contributed by atoms with Gasteiger partial charge in [-0.2, -0.15) is 5.26 Å². The fourth-order valence-electron chi connectivity index (χ4n) is 2.77. The highest BCUT2D eigenvalue weighted by atomic mass is 79.9. The second-order valence-corrected chi connectivity index (χ2v) is 7.07. The maximum Gasteiger partial charge on any atom is 0.261 e. The van der Waals surface area contributed by atoms with E-state index in [1.807, 2.05) is 38.1 Å². The zero-order valence-corrected chi connectivity index (χ0v) is 18.3. The van der Waals surface area contributed by atoms with Crippen molar-refractivity contribution in [1.29, 1.82) is 5.26 Å². The van der Waals surface area contributed by atoms with E-state index in [4.69, 9.17) is 9.47 Å². The van der Waals surface area contributed by atoms with Crippen molar-refractivity contribution in [2.24, 2.45) is 0 Å². The third-order valence-corrected chi connectivity index (χ3v) is 4.66. The maximum atomic E-state index is 12.4. The fourth-order valence-corrected chi connectivity index (χ4v) is 3.34. The molecule has 1 N–H and O–H groups in total.